The van der Waals surface area contributed by atoms with Gasteiger partial charge in [-0.2, -0.15) is 0 Å². The predicted molar refractivity (Wildman–Crippen MR) is 102 cm³/mol. The molecule has 7 heteroatoms. The van der Waals surface area contributed by atoms with Crippen molar-refractivity contribution in [3.05, 3.63) is 71.8 Å². The Labute approximate surface area is 164 Å². The van der Waals surface area contributed by atoms with Crippen LogP contribution in [-0.4, -0.2) is 54.8 Å². The molecule has 2 radical (unpaired) electrons. The Kier molecular flexibility index (Phi) is 5.86. The molecule has 0 spiro atoms. The van der Waals surface area contributed by atoms with E-state index in [1.165, 1.54) is 6.92 Å². The van der Waals surface area contributed by atoms with Crippen LogP contribution >= 0.6 is 0 Å². The Bertz CT molecular complexity index is 823. The van der Waals surface area contributed by atoms with Crippen LogP contribution in [-0.2, 0) is 14.2 Å². The molecule has 0 aromatic heterocycles. The maximum absolute atomic E-state index is 12.5. The van der Waals surface area contributed by atoms with E-state index in [9.17, 15) is 14.7 Å². The largest absolute Gasteiger partial charge is 0.456 e. The van der Waals surface area contributed by atoms with Crippen LogP contribution in [0.15, 0.2) is 60.7 Å². The minimum Gasteiger partial charge on any atom is -0.456 e. The Hall–Kier alpha value is -2.64. The van der Waals surface area contributed by atoms with E-state index in [0.29, 0.717) is 11.1 Å². The first-order chi connectivity index (χ1) is 13.3. The normalized spacial score (nSPS) is 27.8. The summed E-state index contributed by atoms with van der Waals surface area (Å²) in [6.45, 7) is 3.02. The van der Waals surface area contributed by atoms with Crippen LogP contribution in [0.2, 0.25) is 0 Å². The molecule has 1 aliphatic rings. The fourth-order valence-electron chi connectivity index (χ4n) is 3.05. The van der Waals surface area contributed by atoms with Crippen molar-refractivity contribution in [1.29, 1.82) is 0 Å². The zero-order valence-corrected chi connectivity index (χ0v) is 15.6. The lowest BCUT2D eigenvalue weighted by molar-refractivity contribution is -0.0798. The summed E-state index contributed by atoms with van der Waals surface area (Å²) in [6, 6.07) is 15.7. The molecule has 1 aliphatic heterocycles. The SMILES string of the molecule is [B][C@@H]1O[C@H]([C@@H](C)OC(=O)c2ccccc2)[C@@H](OC(=O)c2ccccc2)[C@@]1(C)O. The monoisotopic (exact) mass is 380 g/mol. The topological polar surface area (TPSA) is 82.1 Å². The zero-order chi connectivity index (χ0) is 20.3. The lowest BCUT2D eigenvalue weighted by Gasteiger charge is -2.30. The quantitative estimate of drug-likeness (QED) is 0.632. The van der Waals surface area contributed by atoms with Crippen LogP contribution in [0.1, 0.15) is 34.6 Å². The molecular formula is C21H21BO6. The summed E-state index contributed by atoms with van der Waals surface area (Å²) < 4.78 is 16.6. The molecule has 0 saturated carbocycles. The molecule has 0 unspecified atom stereocenters. The molecule has 2 aromatic rings. The van der Waals surface area contributed by atoms with Crippen LogP contribution in [0.5, 0.6) is 0 Å². The number of carbonyl (C=O) groups is 2. The number of aliphatic hydroxyl groups is 1. The van der Waals surface area contributed by atoms with Gasteiger partial charge in [0, 0.05) is 6.00 Å². The second kappa shape index (κ2) is 8.16. The van der Waals surface area contributed by atoms with Gasteiger partial charge in [0.15, 0.2) is 6.10 Å². The Balaban J connectivity index is 1.76. The third-order valence-corrected chi connectivity index (χ3v) is 4.76. The third-order valence-electron chi connectivity index (χ3n) is 4.76. The molecule has 1 fully saturated rings. The molecule has 28 heavy (non-hydrogen) atoms. The maximum atomic E-state index is 12.5. The lowest BCUT2D eigenvalue weighted by Crippen LogP contribution is -2.50. The number of rotatable bonds is 5. The number of ether oxygens (including phenoxy) is 3. The van der Waals surface area contributed by atoms with E-state index >= 15 is 0 Å². The van der Waals surface area contributed by atoms with Crippen molar-refractivity contribution in [3.8, 4) is 0 Å². The second-order valence-electron chi connectivity index (χ2n) is 6.92. The minimum absolute atomic E-state index is 0.325. The molecule has 1 N–H and O–H groups in total. The van der Waals surface area contributed by atoms with E-state index in [2.05, 4.69) is 0 Å². The van der Waals surface area contributed by atoms with Crippen molar-refractivity contribution in [2.75, 3.05) is 0 Å². The maximum Gasteiger partial charge on any atom is 0.338 e. The van der Waals surface area contributed by atoms with Gasteiger partial charge in [-0.3, -0.25) is 0 Å². The van der Waals surface area contributed by atoms with Gasteiger partial charge in [-0.15, -0.1) is 0 Å². The summed E-state index contributed by atoms with van der Waals surface area (Å²) >= 11 is 0. The summed E-state index contributed by atoms with van der Waals surface area (Å²) in [6.07, 6.45) is -2.86. The van der Waals surface area contributed by atoms with E-state index in [1.54, 1.807) is 67.6 Å². The fourth-order valence-corrected chi connectivity index (χ4v) is 3.05. The van der Waals surface area contributed by atoms with Crippen molar-refractivity contribution >= 4 is 19.8 Å². The summed E-state index contributed by atoms with van der Waals surface area (Å²) in [5.41, 5.74) is -0.949. The molecule has 2 aromatic carbocycles. The van der Waals surface area contributed by atoms with Crippen LogP contribution in [0.25, 0.3) is 0 Å². The van der Waals surface area contributed by atoms with E-state index in [-0.39, 0.29) is 0 Å². The van der Waals surface area contributed by atoms with Crippen molar-refractivity contribution < 1.29 is 28.9 Å². The van der Waals surface area contributed by atoms with Gasteiger partial charge in [0.1, 0.15) is 25.7 Å². The molecule has 0 amide bonds. The van der Waals surface area contributed by atoms with Crippen molar-refractivity contribution in [3.63, 3.8) is 0 Å². The first kappa shape index (κ1) is 20.1. The van der Waals surface area contributed by atoms with Gasteiger partial charge in [0.05, 0.1) is 11.1 Å². The Morgan fingerprint density at radius 2 is 1.54 bits per heavy atom. The average Bonchev–Trinajstić information content (AvgIpc) is 2.92. The summed E-state index contributed by atoms with van der Waals surface area (Å²) in [5, 5.41) is 10.7. The van der Waals surface area contributed by atoms with Crippen LogP contribution < -0.4 is 0 Å². The van der Waals surface area contributed by atoms with Gasteiger partial charge in [-0.05, 0) is 38.1 Å². The van der Waals surface area contributed by atoms with Crippen molar-refractivity contribution in [2.45, 2.75) is 43.8 Å². The van der Waals surface area contributed by atoms with E-state index in [0.717, 1.165) is 0 Å². The van der Waals surface area contributed by atoms with E-state index < -0.39 is 41.9 Å². The number of carbonyl (C=O) groups excluding carboxylic acids is 2. The average molecular weight is 380 g/mol. The van der Waals surface area contributed by atoms with E-state index in [4.69, 9.17) is 22.1 Å². The highest BCUT2D eigenvalue weighted by atomic mass is 16.6. The van der Waals surface area contributed by atoms with Crippen LogP contribution in [0, 0.1) is 0 Å². The fraction of sp³-hybridized carbons (Fsp3) is 0.333. The highest BCUT2D eigenvalue weighted by Gasteiger charge is 2.55. The number of benzene rings is 2. The van der Waals surface area contributed by atoms with Crippen LogP contribution in [0.4, 0.5) is 0 Å². The Morgan fingerprint density at radius 1 is 1.04 bits per heavy atom. The minimum atomic E-state index is -1.65. The first-order valence-electron chi connectivity index (χ1n) is 8.96. The summed E-state index contributed by atoms with van der Waals surface area (Å²) in [4.78, 5) is 24.8. The van der Waals surface area contributed by atoms with Gasteiger partial charge in [0.2, 0.25) is 0 Å². The van der Waals surface area contributed by atoms with Gasteiger partial charge in [0.25, 0.3) is 0 Å². The molecule has 0 bridgehead atoms. The summed E-state index contributed by atoms with van der Waals surface area (Å²) in [7, 11) is 5.88. The van der Waals surface area contributed by atoms with Crippen LogP contribution in [0.3, 0.4) is 0 Å². The molecule has 6 nitrogen and oxygen atoms in total. The van der Waals surface area contributed by atoms with Gasteiger partial charge < -0.3 is 19.3 Å². The number of hydrogen-bond acceptors (Lipinski definition) is 6. The van der Waals surface area contributed by atoms with Crippen molar-refractivity contribution in [1.82, 2.24) is 0 Å². The molecule has 1 saturated heterocycles. The molecular weight excluding hydrogens is 359 g/mol. The highest BCUT2D eigenvalue weighted by molar-refractivity contribution is 6.12. The predicted octanol–water partition coefficient (Wildman–Crippen LogP) is 2.10. The smallest absolute Gasteiger partial charge is 0.338 e. The number of hydrogen-bond donors (Lipinski definition) is 1. The third kappa shape index (κ3) is 4.10. The zero-order valence-electron chi connectivity index (χ0n) is 15.6. The van der Waals surface area contributed by atoms with Gasteiger partial charge in [-0.1, -0.05) is 36.4 Å². The molecule has 1 heterocycles. The highest BCUT2D eigenvalue weighted by Crippen LogP contribution is 2.35. The van der Waals surface area contributed by atoms with Gasteiger partial charge >= 0.3 is 11.9 Å². The summed E-state index contributed by atoms with van der Waals surface area (Å²) in [5.74, 6) is -1.18. The molecule has 144 valence electrons. The Morgan fingerprint density at radius 3 is 2.07 bits per heavy atom. The molecule has 0 aliphatic carbocycles. The van der Waals surface area contributed by atoms with Crippen molar-refractivity contribution in [2.24, 2.45) is 0 Å². The van der Waals surface area contributed by atoms with Gasteiger partial charge in [-0.25, -0.2) is 9.59 Å². The molecule has 5 atom stereocenters. The number of esters is 2. The standard InChI is InChI=1S/C21H21BO6/c1-13(26-18(23)14-9-5-3-6-10-14)16-17(21(2,25)20(22)27-16)28-19(24)15-11-7-4-8-12-15/h3-13,16-17,20,25H,1-2H3/t13-,16-,17-,20-,21-/m1/s1. The van der Waals surface area contributed by atoms with E-state index in [1.807, 2.05) is 0 Å². The molecule has 3 rings (SSSR count). The lowest BCUT2D eigenvalue weighted by atomic mass is 9.81. The second-order valence-corrected chi connectivity index (χ2v) is 6.92. The first-order valence-corrected chi connectivity index (χ1v) is 8.96.